The minimum absolute atomic E-state index is 0.191. The normalized spacial score (nSPS) is 12.2. The summed E-state index contributed by atoms with van der Waals surface area (Å²) in [5.74, 6) is 0.0696. The number of hydrogen-bond donors (Lipinski definition) is 1. The van der Waals surface area contributed by atoms with Gasteiger partial charge in [-0.15, -0.1) is 0 Å². The molecule has 10 nitrogen and oxygen atoms in total. The highest BCUT2D eigenvalue weighted by atomic mass is 79.9. The minimum atomic E-state index is -0.613. The molecular formula is C26H33BrFN5O5. The molecule has 1 amide bonds. The number of aromatic nitrogens is 3. The van der Waals surface area contributed by atoms with Gasteiger partial charge in [0.15, 0.2) is 5.65 Å². The number of carbonyl (C=O) groups is 2. The van der Waals surface area contributed by atoms with Crippen molar-refractivity contribution in [3.63, 3.8) is 0 Å². The van der Waals surface area contributed by atoms with E-state index in [9.17, 15) is 14.0 Å². The standard InChI is InChI=1S/C26H33BrFN5O5/c1-7-32(21-11-12-33-23(31-21)17(14-30-33)24(34)36-8-2)15-18-20(10-9-19(28)22(18)27)37-16(3)13-29-25(35)38-26(4,5)6/h9-12,14,16H,7-8,13,15H2,1-6H3,(H,29,35)/t16-/m0/s1. The van der Waals surface area contributed by atoms with E-state index < -0.39 is 29.6 Å². The molecule has 0 bridgehead atoms. The van der Waals surface area contributed by atoms with Gasteiger partial charge in [0.05, 0.1) is 23.8 Å². The number of anilines is 1. The third kappa shape index (κ3) is 7.33. The molecule has 3 aromatic rings. The molecule has 12 heteroatoms. The number of benzene rings is 1. The summed E-state index contributed by atoms with van der Waals surface area (Å²) in [6.07, 6.45) is 2.14. The van der Waals surface area contributed by atoms with Crippen molar-refractivity contribution < 1.29 is 28.2 Å². The van der Waals surface area contributed by atoms with Crippen molar-refractivity contribution >= 4 is 39.5 Å². The Labute approximate surface area is 229 Å². The monoisotopic (exact) mass is 593 g/mol. The van der Waals surface area contributed by atoms with Gasteiger partial charge in [0.2, 0.25) is 0 Å². The Balaban J connectivity index is 1.83. The van der Waals surface area contributed by atoms with Gasteiger partial charge in [0, 0.05) is 24.8 Å². The number of fused-ring (bicyclic) bond motifs is 1. The Kier molecular flexibility index (Phi) is 9.53. The van der Waals surface area contributed by atoms with Crippen LogP contribution < -0.4 is 15.0 Å². The van der Waals surface area contributed by atoms with E-state index in [4.69, 9.17) is 14.2 Å². The fourth-order valence-electron chi connectivity index (χ4n) is 3.57. The van der Waals surface area contributed by atoms with Crippen LogP contribution in [0.5, 0.6) is 5.75 Å². The van der Waals surface area contributed by atoms with Crippen LogP contribution in [0.25, 0.3) is 5.65 Å². The van der Waals surface area contributed by atoms with Gasteiger partial charge in [-0.2, -0.15) is 5.10 Å². The Hall–Kier alpha value is -3.41. The molecule has 0 fully saturated rings. The first-order valence-corrected chi connectivity index (χ1v) is 13.1. The number of halogens is 2. The molecule has 0 spiro atoms. The lowest BCUT2D eigenvalue weighted by atomic mass is 10.1. The third-order valence-electron chi connectivity index (χ3n) is 5.32. The highest BCUT2D eigenvalue weighted by molar-refractivity contribution is 9.10. The first kappa shape index (κ1) is 29.2. The van der Waals surface area contributed by atoms with Gasteiger partial charge in [-0.25, -0.2) is 23.5 Å². The van der Waals surface area contributed by atoms with Crippen molar-refractivity contribution in [1.29, 1.82) is 0 Å². The van der Waals surface area contributed by atoms with E-state index in [-0.39, 0.29) is 29.7 Å². The Morgan fingerprint density at radius 3 is 2.63 bits per heavy atom. The third-order valence-corrected chi connectivity index (χ3v) is 6.18. The van der Waals surface area contributed by atoms with Crippen LogP contribution in [0.3, 0.4) is 0 Å². The lowest BCUT2D eigenvalue weighted by Crippen LogP contribution is -2.37. The molecule has 0 saturated carbocycles. The maximum atomic E-state index is 14.6. The number of carbonyl (C=O) groups excluding carboxylic acids is 2. The smallest absolute Gasteiger partial charge is 0.407 e. The van der Waals surface area contributed by atoms with Gasteiger partial charge in [-0.3, -0.25) is 0 Å². The summed E-state index contributed by atoms with van der Waals surface area (Å²) in [5.41, 5.74) is 0.567. The molecule has 0 aliphatic heterocycles. The molecule has 0 saturated heterocycles. The zero-order valence-electron chi connectivity index (χ0n) is 22.4. The van der Waals surface area contributed by atoms with E-state index in [0.717, 1.165) is 0 Å². The average Bonchev–Trinajstić information content (AvgIpc) is 3.27. The number of nitrogens with zero attached hydrogens (tertiary/aromatic N) is 4. The first-order chi connectivity index (χ1) is 17.9. The van der Waals surface area contributed by atoms with Crippen LogP contribution in [0.1, 0.15) is 57.5 Å². The zero-order valence-corrected chi connectivity index (χ0v) is 24.0. The highest BCUT2D eigenvalue weighted by Gasteiger charge is 2.22. The second-order valence-corrected chi connectivity index (χ2v) is 10.3. The first-order valence-electron chi connectivity index (χ1n) is 12.3. The SMILES string of the molecule is CCOC(=O)c1cnn2ccc(N(CC)Cc3c(O[C@@H](C)CNC(=O)OC(C)(C)C)ccc(F)c3Br)nc12. The van der Waals surface area contributed by atoms with Gasteiger partial charge < -0.3 is 24.4 Å². The van der Waals surface area contributed by atoms with E-state index in [1.165, 1.54) is 16.8 Å². The minimum Gasteiger partial charge on any atom is -0.488 e. The van der Waals surface area contributed by atoms with Crippen molar-refractivity contribution in [2.45, 2.75) is 59.8 Å². The van der Waals surface area contributed by atoms with Crippen molar-refractivity contribution in [2.75, 3.05) is 24.6 Å². The second kappa shape index (κ2) is 12.4. The van der Waals surface area contributed by atoms with Crippen LogP contribution in [-0.2, 0) is 16.0 Å². The molecule has 38 heavy (non-hydrogen) atoms. The summed E-state index contributed by atoms with van der Waals surface area (Å²) in [4.78, 5) is 30.9. The Bertz CT molecular complexity index is 1290. The predicted octanol–water partition coefficient (Wildman–Crippen LogP) is 5.13. The summed E-state index contributed by atoms with van der Waals surface area (Å²) < 4.78 is 32.8. The average molecular weight is 594 g/mol. The summed E-state index contributed by atoms with van der Waals surface area (Å²) in [5, 5.41) is 6.85. The van der Waals surface area contributed by atoms with Gasteiger partial charge in [-0.05, 0) is 75.7 Å². The maximum Gasteiger partial charge on any atom is 0.407 e. The van der Waals surface area contributed by atoms with Crippen LogP contribution in [0, 0.1) is 5.82 Å². The second-order valence-electron chi connectivity index (χ2n) is 9.50. The Morgan fingerprint density at radius 2 is 1.97 bits per heavy atom. The number of rotatable bonds is 10. The molecule has 1 atom stereocenters. The molecule has 206 valence electrons. The number of nitrogens with one attached hydrogen (secondary N) is 1. The van der Waals surface area contributed by atoms with Gasteiger partial charge in [-0.1, -0.05) is 0 Å². The van der Waals surface area contributed by atoms with Crippen molar-refractivity contribution in [2.24, 2.45) is 0 Å². The molecule has 0 aliphatic carbocycles. The van der Waals surface area contributed by atoms with Crippen LogP contribution >= 0.6 is 15.9 Å². The van der Waals surface area contributed by atoms with Crippen molar-refractivity contribution in [3.8, 4) is 5.75 Å². The predicted molar refractivity (Wildman–Crippen MR) is 144 cm³/mol. The molecule has 2 aromatic heterocycles. The van der Waals surface area contributed by atoms with Gasteiger partial charge in [0.1, 0.15) is 34.7 Å². The lowest BCUT2D eigenvalue weighted by molar-refractivity contribution is 0.0501. The van der Waals surface area contributed by atoms with Crippen LogP contribution in [0.4, 0.5) is 15.0 Å². The van der Waals surface area contributed by atoms with E-state index in [2.05, 4.69) is 31.3 Å². The topological polar surface area (TPSA) is 107 Å². The van der Waals surface area contributed by atoms with E-state index >= 15 is 0 Å². The largest absolute Gasteiger partial charge is 0.488 e. The summed E-state index contributed by atoms with van der Waals surface area (Å²) in [6, 6.07) is 4.63. The molecule has 1 N–H and O–H groups in total. The van der Waals surface area contributed by atoms with E-state index in [1.807, 2.05) is 11.8 Å². The summed E-state index contributed by atoms with van der Waals surface area (Å²) >= 11 is 3.36. The van der Waals surface area contributed by atoms with Crippen molar-refractivity contribution in [3.05, 3.63) is 52.0 Å². The summed E-state index contributed by atoms with van der Waals surface area (Å²) in [6.45, 7) is 12.0. The Morgan fingerprint density at radius 1 is 1.24 bits per heavy atom. The molecule has 0 aliphatic rings. The molecule has 2 heterocycles. The molecular weight excluding hydrogens is 561 g/mol. The fourth-order valence-corrected chi connectivity index (χ4v) is 4.02. The number of ether oxygens (including phenoxy) is 3. The van der Waals surface area contributed by atoms with E-state index in [1.54, 1.807) is 52.9 Å². The van der Waals surface area contributed by atoms with Crippen LogP contribution in [0.15, 0.2) is 35.1 Å². The number of esters is 1. The van der Waals surface area contributed by atoms with Crippen molar-refractivity contribution in [1.82, 2.24) is 19.9 Å². The van der Waals surface area contributed by atoms with Crippen LogP contribution in [-0.4, -0.2) is 58.1 Å². The molecule has 0 radical (unpaired) electrons. The number of hydrogen-bond acceptors (Lipinski definition) is 8. The lowest BCUT2D eigenvalue weighted by Gasteiger charge is -2.26. The number of alkyl carbamates (subject to hydrolysis) is 1. The quantitative estimate of drug-likeness (QED) is 0.322. The van der Waals surface area contributed by atoms with Crippen LogP contribution in [0.2, 0.25) is 0 Å². The highest BCUT2D eigenvalue weighted by Crippen LogP contribution is 2.32. The zero-order chi connectivity index (χ0) is 28.0. The molecule has 0 unspecified atom stereocenters. The number of amides is 1. The van der Waals surface area contributed by atoms with E-state index in [0.29, 0.717) is 29.3 Å². The molecule has 1 aromatic carbocycles. The molecule has 3 rings (SSSR count). The maximum absolute atomic E-state index is 14.6. The van der Waals surface area contributed by atoms with Gasteiger partial charge in [0.25, 0.3) is 0 Å². The summed E-state index contributed by atoms with van der Waals surface area (Å²) in [7, 11) is 0. The fraction of sp³-hybridized carbons (Fsp3) is 0.462. The van der Waals surface area contributed by atoms with Gasteiger partial charge >= 0.3 is 12.1 Å².